The van der Waals surface area contributed by atoms with Crippen LogP contribution in [0.15, 0.2) is 34.8 Å². The number of aliphatic imine (C=N–C) groups is 1. The normalized spacial score (nSPS) is 12.1. The van der Waals surface area contributed by atoms with Gasteiger partial charge in [0.2, 0.25) is 0 Å². The van der Waals surface area contributed by atoms with Crippen molar-refractivity contribution in [2.75, 3.05) is 26.7 Å². The monoisotopic (exact) mass is 545 g/mol. The van der Waals surface area contributed by atoms with E-state index < -0.39 is 0 Å². The minimum absolute atomic E-state index is 0. The van der Waals surface area contributed by atoms with Gasteiger partial charge in [0.05, 0.1) is 23.9 Å². The number of amides is 1. The van der Waals surface area contributed by atoms with E-state index in [2.05, 4.69) is 58.8 Å². The van der Waals surface area contributed by atoms with Gasteiger partial charge in [-0.15, -0.1) is 35.3 Å². The number of guanidine groups is 1. The molecule has 1 unspecified atom stereocenters. The summed E-state index contributed by atoms with van der Waals surface area (Å²) in [4.78, 5) is 21.1. The van der Waals surface area contributed by atoms with Gasteiger partial charge in [-0.25, -0.2) is 4.98 Å². The number of nitrogens with zero attached hydrogens (tertiary/aromatic N) is 2. The maximum atomic E-state index is 12.1. The van der Waals surface area contributed by atoms with E-state index in [4.69, 9.17) is 4.74 Å². The van der Waals surface area contributed by atoms with Gasteiger partial charge in [0.1, 0.15) is 10.6 Å². The van der Waals surface area contributed by atoms with Crippen molar-refractivity contribution in [3.63, 3.8) is 0 Å². The first-order valence-electron chi connectivity index (χ1n) is 9.79. The first-order chi connectivity index (χ1) is 13.9. The lowest BCUT2D eigenvalue weighted by Gasteiger charge is -2.19. The van der Waals surface area contributed by atoms with Crippen LogP contribution in [0, 0.1) is 12.8 Å². The molecule has 0 bridgehead atoms. The van der Waals surface area contributed by atoms with Crippen LogP contribution in [0.25, 0.3) is 0 Å². The Labute approximate surface area is 200 Å². The summed E-state index contributed by atoms with van der Waals surface area (Å²) < 4.78 is 5.73. The van der Waals surface area contributed by atoms with Crippen LogP contribution < -0.4 is 20.7 Å². The van der Waals surface area contributed by atoms with Crippen LogP contribution in [0.2, 0.25) is 0 Å². The molecule has 1 atom stereocenters. The average Bonchev–Trinajstić information content (AvgIpc) is 3.14. The number of hydrogen-bond donors (Lipinski definition) is 3. The Morgan fingerprint density at radius 2 is 1.83 bits per heavy atom. The van der Waals surface area contributed by atoms with E-state index in [-0.39, 0.29) is 35.9 Å². The van der Waals surface area contributed by atoms with Crippen LogP contribution in [-0.2, 0) is 0 Å². The van der Waals surface area contributed by atoms with Gasteiger partial charge in [0, 0.05) is 20.1 Å². The second-order valence-electron chi connectivity index (χ2n) is 7.16. The smallest absolute Gasteiger partial charge is 0.263 e. The molecule has 30 heavy (non-hydrogen) atoms. The van der Waals surface area contributed by atoms with E-state index in [1.807, 2.05) is 19.1 Å². The molecule has 7 nitrogen and oxygen atoms in total. The van der Waals surface area contributed by atoms with Gasteiger partial charge in [0.25, 0.3) is 5.91 Å². The fraction of sp³-hybridized carbons (Fsp3) is 0.476. The Morgan fingerprint density at radius 3 is 2.40 bits per heavy atom. The highest BCUT2D eigenvalue weighted by Gasteiger charge is 2.11. The zero-order valence-electron chi connectivity index (χ0n) is 18.2. The SMILES string of the molecule is CN=C(NCCNC(=O)c1scnc1C)NC(C)c1ccc(OCC(C)C)cc1.I. The van der Waals surface area contributed by atoms with Crippen molar-refractivity contribution >= 4 is 47.2 Å². The van der Waals surface area contributed by atoms with Crippen molar-refractivity contribution < 1.29 is 9.53 Å². The molecule has 0 saturated heterocycles. The molecule has 2 rings (SSSR count). The van der Waals surface area contributed by atoms with E-state index in [1.54, 1.807) is 12.6 Å². The van der Waals surface area contributed by atoms with Crippen molar-refractivity contribution in [1.29, 1.82) is 0 Å². The quantitative estimate of drug-likeness (QED) is 0.193. The maximum Gasteiger partial charge on any atom is 0.263 e. The number of ether oxygens (including phenoxy) is 1. The number of rotatable bonds is 9. The Balaban J connectivity index is 0.00000450. The van der Waals surface area contributed by atoms with Crippen LogP contribution >= 0.6 is 35.3 Å². The molecule has 0 fully saturated rings. The van der Waals surface area contributed by atoms with Gasteiger partial charge < -0.3 is 20.7 Å². The molecule has 0 radical (unpaired) electrons. The summed E-state index contributed by atoms with van der Waals surface area (Å²) in [5.41, 5.74) is 3.57. The van der Waals surface area contributed by atoms with Crippen molar-refractivity contribution in [3.05, 3.63) is 45.9 Å². The molecule has 0 aliphatic heterocycles. The van der Waals surface area contributed by atoms with Crippen LogP contribution in [0.3, 0.4) is 0 Å². The predicted molar refractivity (Wildman–Crippen MR) is 134 cm³/mol. The van der Waals surface area contributed by atoms with Crippen LogP contribution in [0.5, 0.6) is 5.75 Å². The summed E-state index contributed by atoms with van der Waals surface area (Å²) in [5, 5.41) is 9.46. The summed E-state index contributed by atoms with van der Waals surface area (Å²) in [6, 6.07) is 8.16. The molecule has 166 valence electrons. The Morgan fingerprint density at radius 1 is 1.17 bits per heavy atom. The van der Waals surface area contributed by atoms with Gasteiger partial charge in [-0.1, -0.05) is 26.0 Å². The first-order valence-corrected chi connectivity index (χ1v) is 10.7. The number of aryl methyl sites for hydroxylation is 1. The molecule has 1 heterocycles. The summed E-state index contributed by atoms with van der Waals surface area (Å²) in [6.07, 6.45) is 0. The van der Waals surface area contributed by atoms with Gasteiger partial charge in [0.15, 0.2) is 5.96 Å². The number of carbonyl (C=O) groups excluding carboxylic acids is 1. The van der Waals surface area contributed by atoms with Crippen LogP contribution in [0.1, 0.15) is 47.7 Å². The number of benzene rings is 1. The fourth-order valence-electron chi connectivity index (χ4n) is 2.56. The lowest BCUT2D eigenvalue weighted by Crippen LogP contribution is -2.42. The van der Waals surface area contributed by atoms with Gasteiger partial charge in [-0.05, 0) is 37.5 Å². The number of carbonyl (C=O) groups is 1. The average molecular weight is 545 g/mol. The molecule has 9 heteroatoms. The lowest BCUT2D eigenvalue weighted by molar-refractivity contribution is 0.0957. The minimum Gasteiger partial charge on any atom is -0.493 e. The highest BCUT2D eigenvalue weighted by molar-refractivity contribution is 14.0. The number of hydrogen-bond acceptors (Lipinski definition) is 5. The second-order valence-corrected chi connectivity index (χ2v) is 8.02. The van der Waals surface area contributed by atoms with E-state index in [0.29, 0.717) is 36.5 Å². The second kappa shape index (κ2) is 13.4. The fourth-order valence-corrected chi connectivity index (χ4v) is 3.27. The largest absolute Gasteiger partial charge is 0.493 e. The van der Waals surface area contributed by atoms with Crippen molar-refractivity contribution in [3.8, 4) is 5.75 Å². The number of thiazole rings is 1. The standard InChI is InChI=1S/C21H31N5O2S.HI/c1-14(2)12-28-18-8-6-17(7-9-18)15(3)26-21(22-5)24-11-10-23-20(27)19-16(4)25-13-29-19;/h6-9,13-15H,10-12H2,1-5H3,(H,23,27)(H2,22,24,26);1H. The van der Waals surface area contributed by atoms with Crippen molar-refractivity contribution in [2.24, 2.45) is 10.9 Å². The molecule has 0 aliphatic rings. The van der Waals surface area contributed by atoms with E-state index >= 15 is 0 Å². The van der Waals surface area contributed by atoms with Gasteiger partial charge in [-0.3, -0.25) is 9.79 Å². The number of aromatic nitrogens is 1. The van der Waals surface area contributed by atoms with E-state index in [9.17, 15) is 4.79 Å². The number of nitrogens with one attached hydrogen (secondary N) is 3. The summed E-state index contributed by atoms with van der Waals surface area (Å²) in [6.45, 7) is 9.94. The van der Waals surface area contributed by atoms with Crippen molar-refractivity contribution in [1.82, 2.24) is 20.9 Å². The maximum absolute atomic E-state index is 12.1. The number of halogens is 1. The third kappa shape index (κ3) is 8.47. The zero-order chi connectivity index (χ0) is 21.2. The van der Waals surface area contributed by atoms with Gasteiger partial charge in [-0.2, -0.15) is 0 Å². The molecule has 3 N–H and O–H groups in total. The molecular weight excluding hydrogens is 513 g/mol. The topological polar surface area (TPSA) is 87.6 Å². The molecule has 1 aromatic heterocycles. The lowest BCUT2D eigenvalue weighted by atomic mass is 10.1. The molecule has 0 aliphatic carbocycles. The minimum atomic E-state index is -0.0945. The van der Waals surface area contributed by atoms with Gasteiger partial charge >= 0.3 is 0 Å². The Bertz CT molecular complexity index is 808. The third-order valence-electron chi connectivity index (χ3n) is 4.20. The third-order valence-corrected chi connectivity index (χ3v) is 5.12. The molecular formula is C21H32IN5O2S. The van der Waals surface area contributed by atoms with Crippen LogP contribution in [0.4, 0.5) is 0 Å². The van der Waals surface area contributed by atoms with Crippen LogP contribution in [-0.4, -0.2) is 43.6 Å². The zero-order valence-corrected chi connectivity index (χ0v) is 21.3. The molecule has 0 saturated carbocycles. The molecule has 1 amide bonds. The summed E-state index contributed by atoms with van der Waals surface area (Å²) in [5.74, 6) is 1.97. The summed E-state index contributed by atoms with van der Waals surface area (Å²) in [7, 11) is 1.73. The Hall–Kier alpha value is -1.88. The summed E-state index contributed by atoms with van der Waals surface area (Å²) >= 11 is 1.35. The molecule has 2 aromatic rings. The molecule has 1 aromatic carbocycles. The Kier molecular flexibility index (Phi) is 11.7. The first kappa shape index (κ1) is 26.2. The van der Waals surface area contributed by atoms with E-state index in [1.165, 1.54) is 11.3 Å². The van der Waals surface area contributed by atoms with E-state index in [0.717, 1.165) is 17.0 Å². The highest BCUT2D eigenvalue weighted by Crippen LogP contribution is 2.18. The predicted octanol–water partition coefficient (Wildman–Crippen LogP) is 3.76. The van der Waals surface area contributed by atoms with Crippen molar-refractivity contribution in [2.45, 2.75) is 33.7 Å². The highest BCUT2D eigenvalue weighted by atomic mass is 127. The molecule has 0 spiro atoms.